The summed E-state index contributed by atoms with van der Waals surface area (Å²) >= 11 is 6.62. The van der Waals surface area contributed by atoms with Gasteiger partial charge < -0.3 is 14.2 Å². The van der Waals surface area contributed by atoms with Crippen LogP contribution in [0.5, 0.6) is 0 Å². The van der Waals surface area contributed by atoms with Gasteiger partial charge in [-0.25, -0.2) is 4.79 Å². The smallest absolute Gasteiger partial charge is 0.353 e. The van der Waals surface area contributed by atoms with Gasteiger partial charge in [-0.1, -0.05) is 30.3 Å². The Labute approximate surface area is 164 Å². The summed E-state index contributed by atoms with van der Waals surface area (Å²) in [4.78, 5) is 37.7. The summed E-state index contributed by atoms with van der Waals surface area (Å²) in [5.74, 6) is -3.38. The Morgan fingerprint density at radius 2 is 1.93 bits per heavy atom. The van der Waals surface area contributed by atoms with Gasteiger partial charge in [0.05, 0.1) is 18.4 Å². The molecule has 0 spiro atoms. The van der Waals surface area contributed by atoms with E-state index in [9.17, 15) is 14.4 Å². The molecule has 0 radical (unpaired) electrons. The lowest BCUT2D eigenvalue weighted by molar-refractivity contribution is -0.190. The van der Waals surface area contributed by atoms with Crippen LogP contribution in [0.4, 0.5) is 0 Å². The van der Waals surface area contributed by atoms with Gasteiger partial charge in [0.1, 0.15) is 11.5 Å². The Morgan fingerprint density at radius 1 is 1.30 bits per heavy atom. The van der Waals surface area contributed by atoms with Crippen molar-refractivity contribution in [1.29, 1.82) is 0 Å². The highest BCUT2D eigenvalue weighted by atomic mass is 35.5. The van der Waals surface area contributed by atoms with Gasteiger partial charge >= 0.3 is 17.9 Å². The number of hydrogen-bond acceptors (Lipinski definition) is 6. The quantitative estimate of drug-likeness (QED) is 0.417. The minimum Gasteiger partial charge on any atom is -0.466 e. The van der Waals surface area contributed by atoms with Gasteiger partial charge in [0.25, 0.3) is 0 Å². The fraction of sp³-hybridized carbons (Fsp3) is 0.550. The van der Waals surface area contributed by atoms with Crippen molar-refractivity contribution in [2.75, 3.05) is 6.61 Å². The summed E-state index contributed by atoms with van der Waals surface area (Å²) in [5.41, 5.74) is -1.94. The van der Waals surface area contributed by atoms with Crippen LogP contribution in [0.3, 0.4) is 0 Å². The molecule has 0 N–H and O–H groups in total. The molecule has 148 valence electrons. The van der Waals surface area contributed by atoms with Gasteiger partial charge in [-0.15, -0.1) is 11.6 Å². The number of esters is 3. The second-order valence-corrected chi connectivity index (χ2v) is 7.96. The normalized spacial score (nSPS) is 23.4. The van der Waals surface area contributed by atoms with Gasteiger partial charge in [-0.05, 0) is 39.7 Å². The van der Waals surface area contributed by atoms with E-state index in [4.69, 9.17) is 25.8 Å². The monoisotopic (exact) mass is 396 g/mol. The Kier molecular flexibility index (Phi) is 6.52. The van der Waals surface area contributed by atoms with Crippen molar-refractivity contribution in [3.63, 3.8) is 0 Å². The van der Waals surface area contributed by atoms with Crippen LogP contribution in [0.15, 0.2) is 30.3 Å². The topological polar surface area (TPSA) is 78.9 Å². The lowest BCUT2D eigenvalue weighted by atomic mass is 9.81. The molecule has 1 heterocycles. The molecule has 1 aromatic rings. The van der Waals surface area contributed by atoms with E-state index in [0.717, 1.165) is 5.56 Å². The Hall–Kier alpha value is -2.08. The summed E-state index contributed by atoms with van der Waals surface area (Å²) in [6, 6.07) is 9.21. The minimum atomic E-state index is -1.94. The van der Waals surface area contributed by atoms with Crippen molar-refractivity contribution in [2.24, 2.45) is 5.92 Å². The predicted octanol–water partition coefficient (Wildman–Crippen LogP) is 3.04. The minimum absolute atomic E-state index is 0.111. The predicted molar refractivity (Wildman–Crippen MR) is 99.2 cm³/mol. The Morgan fingerprint density at radius 3 is 2.48 bits per heavy atom. The molecular weight excluding hydrogens is 372 g/mol. The van der Waals surface area contributed by atoms with Gasteiger partial charge in [0.2, 0.25) is 5.60 Å². The molecule has 0 aromatic heterocycles. The number of hydrogen-bond donors (Lipinski definition) is 0. The maximum atomic E-state index is 13.1. The highest BCUT2D eigenvalue weighted by Gasteiger charge is 2.64. The first-order valence-corrected chi connectivity index (χ1v) is 9.33. The number of halogens is 1. The molecule has 6 nitrogen and oxygen atoms in total. The molecule has 0 amide bonds. The maximum absolute atomic E-state index is 13.1. The summed E-state index contributed by atoms with van der Waals surface area (Å²) < 4.78 is 16.0. The van der Waals surface area contributed by atoms with Crippen LogP contribution in [0.1, 0.15) is 39.7 Å². The highest BCUT2D eigenvalue weighted by molar-refractivity contribution is 6.24. The average Bonchev–Trinajstić information content (AvgIpc) is 2.93. The van der Waals surface area contributed by atoms with Crippen molar-refractivity contribution in [2.45, 2.75) is 57.1 Å². The average molecular weight is 397 g/mol. The van der Waals surface area contributed by atoms with Crippen molar-refractivity contribution in [3.8, 4) is 0 Å². The zero-order chi connectivity index (χ0) is 20.2. The number of rotatable bonds is 6. The third-order valence-corrected chi connectivity index (χ3v) is 4.66. The standard InChI is InChI=1S/C20H25ClO6/c1-5-25-17(23)14-12-16(22)26-20(14,18(24)27-19(2,3)4)15(21)11-13-9-7-6-8-10-13/h6-10,14-15H,5,11-12H2,1-4H3/t14-,15+,20-/m0/s1. The second-order valence-electron chi connectivity index (χ2n) is 7.44. The number of cyclic esters (lactones) is 1. The zero-order valence-corrected chi connectivity index (χ0v) is 16.7. The maximum Gasteiger partial charge on any atom is 0.353 e. The number of carbonyl (C=O) groups excluding carboxylic acids is 3. The van der Waals surface area contributed by atoms with Crippen LogP contribution in [-0.4, -0.2) is 41.1 Å². The first kappa shape index (κ1) is 21.2. The summed E-state index contributed by atoms with van der Waals surface area (Å²) in [5, 5.41) is -1.00. The molecule has 2 rings (SSSR count). The van der Waals surface area contributed by atoms with Crippen LogP contribution in [0.2, 0.25) is 0 Å². The molecule has 1 fully saturated rings. The van der Waals surface area contributed by atoms with Crippen molar-refractivity contribution in [3.05, 3.63) is 35.9 Å². The van der Waals surface area contributed by atoms with Crippen LogP contribution >= 0.6 is 11.6 Å². The third-order valence-electron chi connectivity index (χ3n) is 4.18. The molecule has 7 heteroatoms. The van der Waals surface area contributed by atoms with Crippen LogP contribution in [0.25, 0.3) is 0 Å². The lowest BCUT2D eigenvalue weighted by Gasteiger charge is -2.36. The Bertz CT molecular complexity index is 696. The van der Waals surface area contributed by atoms with E-state index in [1.165, 1.54) is 0 Å². The summed E-state index contributed by atoms with van der Waals surface area (Å²) in [6.45, 7) is 6.83. The van der Waals surface area contributed by atoms with Gasteiger partial charge in [0.15, 0.2) is 0 Å². The van der Waals surface area contributed by atoms with Crippen molar-refractivity contribution in [1.82, 2.24) is 0 Å². The molecule has 1 aliphatic rings. The Balaban J connectivity index is 2.44. The largest absolute Gasteiger partial charge is 0.466 e. The van der Waals surface area contributed by atoms with Crippen molar-refractivity contribution < 1.29 is 28.6 Å². The summed E-state index contributed by atoms with van der Waals surface area (Å²) in [7, 11) is 0. The van der Waals surface area contributed by atoms with E-state index in [2.05, 4.69) is 0 Å². The molecule has 0 bridgehead atoms. The van der Waals surface area contributed by atoms with Crippen LogP contribution < -0.4 is 0 Å². The van der Waals surface area contributed by atoms with Gasteiger partial charge in [0, 0.05) is 0 Å². The zero-order valence-electron chi connectivity index (χ0n) is 16.0. The van der Waals surface area contributed by atoms with E-state index in [1.807, 2.05) is 30.3 Å². The first-order chi connectivity index (χ1) is 12.6. The van der Waals surface area contributed by atoms with E-state index in [1.54, 1.807) is 27.7 Å². The van der Waals surface area contributed by atoms with Gasteiger partial charge in [-0.3, -0.25) is 9.59 Å². The molecular formula is C20H25ClO6. The van der Waals surface area contributed by atoms with E-state index in [0.29, 0.717) is 0 Å². The van der Waals surface area contributed by atoms with E-state index < -0.39 is 40.4 Å². The molecule has 1 aromatic carbocycles. The third kappa shape index (κ3) is 4.80. The number of alkyl halides is 1. The number of carbonyl (C=O) groups is 3. The van der Waals surface area contributed by atoms with Crippen molar-refractivity contribution >= 4 is 29.5 Å². The molecule has 1 saturated heterocycles. The molecule has 27 heavy (non-hydrogen) atoms. The second kappa shape index (κ2) is 8.30. The lowest BCUT2D eigenvalue weighted by Crippen LogP contribution is -2.57. The van der Waals surface area contributed by atoms with E-state index >= 15 is 0 Å². The summed E-state index contributed by atoms with van der Waals surface area (Å²) in [6.07, 6.45) is -0.0685. The van der Waals surface area contributed by atoms with Gasteiger partial charge in [-0.2, -0.15) is 0 Å². The number of benzene rings is 1. The highest BCUT2D eigenvalue weighted by Crippen LogP contribution is 2.42. The molecule has 3 atom stereocenters. The molecule has 0 aliphatic carbocycles. The van der Waals surface area contributed by atoms with E-state index in [-0.39, 0.29) is 19.4 Å². The SMILES string of the molecule is CCOC(=O)[C@@H]1CC(=O)O[C@]1(C(=O)OC(C)(C)C)[C@H](Cl)Cc1ccccc1. The number of ether oxygens (including phenoxy) is 3. The first-order valence-electron chi connectivity index (χ1n) is 8.90. The molecule has 0 saturated carbocycles. The van der Waals surface area contributed by atoms with Crippen LogP contribution in [-0.2, 0) is 35.0 Å². The fourth-order valence-electron chi connectivity index (χ4n) is 3.05. The fourth-order valence-corrected chi connectivity index (χ4v) is 3.51. The molecule has 0 unspecified atom stereocenters. The van der Waals surface area contributed by atoms with Crippen LogP contribution in [0, 0.1) is 5.92 Å². The molecule has 1 aliphatic heterocycles.